The van der Waals surface area contributed by atoms with E-state index >= 15 is 0 Å². The molecule has 0 unspecified atom stereocenters. The molecular formula is C26H38O5S. The number of Topliss-reactive ketones (excluding diaryl/α,β-unsaturated/α-hetero) is 1. The van der Waals surface area contributed by atoms with E-state index in [1.807, 2.05) is 13.0 Å². The molecule has 3 saturated carbocycles. The number of aliphatic hydroxyl groups is 1. The number of aliphatic hydroxyl groups excluding tert-OH is 1. The van der Waals surface area contributed by atoms with Crippen LogP contribution in [0.2, 0.25) is 0 Å². The van der Waals surface area contributed by atoms with Gasteiger partial charge in [0.05, 0.1) is 13.2 Å². The van der Waals surface area contributed by atoms with Crippen molar-refractivity contribution in [3.63, 3.8) is 0 Å². The molecule has 1 N–H and O–H groups in total. The van der Waals surface area contributed by atoms with Crippen LogP contribution in [0.5, 0.6) is 0 Å². The molecule has 0 bridgehead atoms. The van der Waals surface area contributed by atoms with E-state index in [4.69, 9.17) is 26.8 Å². The van der Waals surface area contributed by atoms with Crippen LogP contribution in [0, 0.1) is 28.6 Å². The smallest absolute Gasteiger partial charge is 0.202 e. The first-order valence-corrected chi connectivity index (χ1v) is 12.8. The number of hydrogen-bond donors (Lipinski definition) is 1. The van der Waals surface area contributed by atoms with Crippen LogP contribution in [0.25, 0.3) is 0 Å². The maximum atomic E-state index is 13.6. The topological polar surface area (TPSA) is 72.8 Å². The first-order chi connectivity index (χ1) is 15.2. The Labute approximate surface area is 197 Å². The summed E-state index contributed by atoms with van der Waals surface area (Å²) in [4.78, 5) is 25.7. The third kappa shape index (κ3) is 3.61. The first kappa shape index (κ1) is 24.0. The van der Waals surface area contributed by atoms with Crippen LogP contribution in [-0.4, -0.2) is 47.1 Å². The minimum absolute atomic E-state index is 0.0314. The minimum atomic E-state index is -0.940. The van der Waals surface area contributed by atoms with Crippen LogP contribution in [0.15, 0.2) is 11.6 Å². The molecule has 4 rings (SSSR count). The van der Waals surface area contributed by atoms with Gasteiger partial charge in [-0.15, -0.1) is 0 Å². The predicted molar refractivity (Wildman–Crippen MR) is 126 cm³/mol. The molecule has 0 amide bonds. The molecule has 0 aliphatic heterocycles. The van der Waals surface area contributed by atoms with E-state index in [-0.39, 0.29) is 42.2 Å². The SMILES string of the molecule is CCC(=S)O[C@]1(C(=O)COCCO)CC[C@H]2[C@@H]3CCC4=CC(=O)CC[C@]4(C)[C@H]3CC[C@@]21C. The van der Waals surface area contributed by atoms with Gasteiger partial charge in [-0.05, 0) is 86.4 Å². The Morgan fingerprint density at radius 3 is 2.62 bits per heavy atom. The molecule has 4 aliphatic rings. The van der Waals surface area contributed by atoms with Gasteiger partial charge in [0.2, 0.25) is 5.78 Å². The molecule has 3 fully saturated rings. The molecule has 5 nitrogen and oxygen atoms in total. The monoisotopic (exact) mass is 462 g/mol. The molecule has 0 aromatic rings. The van der Waals surface area contributed by atoms with Crippen LogP contribution in [-0.2, 0) is 19.1 Å². The summed E-state index contributed by atoms with van der Waals surface area (Å²) in [5.41, 5.74) is 0.247. The predicted octanol–water partition coefficient (Wildman–Crippen LogP) is 4.59. The van der Waals surface area contributed by atoms with Crippen molar-refractivity contribution in [1.29, 1.82) is 0 Å². The van der Waals surface area contributed by atoms with Crippen molar-refractivity contribution in [2.24, 2.45) is 28.6 Å². The molecule has 0 saturated heterocycles. The highest BCUT2D eigenvalue weighted by Crippen LogP contribution is 2.68. The molecule has 0 aromatic carbocycles. The Morgan fingerprint density at radius 2 is 1.91 bits per heavy atom. The van der Waals surface area contributed by atoms with Gasteiger partial charge in [-0.25, -0.2) is 0 Å². The lowest BCUT2D eigenvalue weighted by atomic mass is 9.46. The molecule has 32 heavy (non-hydrogen) atoms. The highest BCUT2D eigenvalue weighted by atomic mass is 32.1. The maximum Gasteiger partial charge on any atom is 0.202 e. The highest BCUT2D eigenvalue weighted by Gasteiger charge is 2.68. The second-order valence-electron chi connectivity index (χ2n) is 10.8. The molecule has 0 radical (unpaired) electrons. The van der Waals surface area contributed by atoms with Gasteiger partial charge in [-0.2, -0.15) is 0 Å². The van der Waals surface area contributed by atoms with Gasteiger partial charge in [-0.1, -0.05) is 26.3 Å². The van der Waals surface area contributed by atoms with Crippen LogP contribution < -0.4 is 0 Å². The quantitative estimate of drug-likeness (QED) is 0.441. The van der Waals surface area contributed by atoms with E-state index in [0.29, 0.717) is 42.1 Å². The molecule has 6 heteroatoms. The number of carbonyl (C=O) groups excluding carboxylic acids is 2. The summed E-state index contributed by atoms with van der Waals surface area (Å²) in [6.45, 7) is 6.60. The number of ether oxygens (including phenoxy) is 2. The average molecular weight is 463 g/mol. The molecule has 0 heterocycles. The molecule has 4 aliphatic carbocycles. The Morgan fingerprint density at radius 1 is 1.16 bits per heavy atom. The normalized spacial score (nSPS) is 40.7. The molecule has 6 atom stereocenters. The van der Waals surface area contributed by atoms with Gasteiger partial charge in [0.15, 0.2) is 16.4 Å². The number of rotatable bonds is 7. The molecule has 0 spiro atoms. The van der Waals surface area contributed by atoms with Crippen molar-refractivity contribution in [2.75, 3.05) is 19.8 Å². The zero-order valence-corrected chi connectivity index (χ0v) is 20.6. The number of thiocarbonyl (C=S) groups is 1. The fourth-order valence-electron chi connectivity index (χ4n) is 7.85. The van der Waals surface area contributed by atoms with E-state index in [1.165, 1.54) is 5.57 Å². The standard InChI is InChI=1S/C26H38O5S/c1-4-23(32)31-26(22(29)16-30-14-13-27)12-9-21-19-6-5-17-15-18(28)7-10-24(17,2)20(19)8-11-25(21,26)3/h15,19-21,27H,4-14,16H2,1-3H3/t19-,20+,21+,24+,25+,26+/m1/s1. The lowest BCUT2D eigenvalue weighted by Gasteiger charge is -2.59. The van der Waals surface area contributed by atoms with Gasteiger partial charge >= 0.3 is 0 Å². The van der Waals surface area contributed by atoms with Gasteiger partial charge in [-0.3, -0.25) is 9.59 Å². The third-order valence-electron chi connectivity index (χ3n) is 9.58. The number of ketones is 2. The number of hydrogen-bond acceptors (Lipinski definition) is 6. The summed E-state index contributed by atoms with van der Waals surface area (Å²) in [5, 5.41) is 9.58. The largest absolute Gasteiger partial charge is 0.472 e. The zero-order chi connectivity index (χ0) is 23.1. The summed E-state index contributed by atoms with van der Waals surface area (Å²) in [6.07, 6.45) is 9.85. The second-order valence-corrected chi connectivity index (χ2v) is 11.3. The van der Waals surface area contributed by atoms with Crippen molar-refractivity contribution in [3.05, 3.63) is 11.6 Å². The summed E-state index contributed by atoms with van der Waals surface area (Å²) >= 11 is 5.49. The summed E-state index contributed by atoms with van der Waals surface area (Å²) in [6, 6.07) is 0. The fraction of sp³-hybridized carbons (Fsp3) is 0.808. The Balaban J connectivity index is 1.65. The van der Waals surface area contributed by atoms with Gasteiger partial charge in [0, 0.05) is 18.3 Å². The van der Waals surface area contributed by atoms with Crippen LogP contribution in [0.3, 0.4) is 0 Å². The fourth-order valence-corrected chi connectivity index (χ4v) is 7.99. The Hall–Kier alpha value is -1.11. The zero-order valence-electron chi connectivity index (χ0n) is 19.8. The van der Waals surface area contributed by atoms with E-state index in [2.05, 4.69) is 13.8 Å². The minimum Gasteiger partial charge on any atom is -0.472 e. The summed E-state index contributed by atoms with van der Waals surface area (Å²) in [7, 11) is 0. The van der Waals surface area contributed by atoms with Crippen molar-refractivity contribution in [1.82, 2.24) is 0 Å². The van der Waals surface area contributed by atoms with Crippen molar-refractivity contribution < 1.29 is 24.2 Å². The summed E-state index contributed by atoms with van der Waals surface area (Å²) < 4.78 is 11.9. The number of fused-ring (bicyclic) bond motifs is 5. The number of allylic oxidation sites excluding steroid dienone is 1. The Kier molecular flexibility index (Phi) is 6.70. The molecular weight excluding hydrogens is 424 g/mol. The summed E-state index contributed by atoms with van der Waals surface area (Å²) in [5.74, 6) is 1.75. The van der Waals surface area contributed by atoms with E-state index in [1.54, 1.807) is 0 Å². The maximum absolute atomic E-state index is 13.6. The second kappa shape index (κ2) is 8.92. The van der Waals surface area contributed by atoms with Crippen molar-refractivity contribution in [3.8, 4) is 0 Å². The van der Waals surface area contributed by atoms with Crippen LogP contribution >= 0.6 is 12.2 Å². The number of carbonyl (C=O) groups is 2. The van der Waals surface area contributed by atoms with Gasteiger partial charge in [0.25, 0.3) is 0 Å². The molecule has 178 valence electrons. The van der Waals surface area contributed by atoms with E-state index in [0.717, 1.165) is 38.5 Å². The van der Waals surface area contributed by atoms with Crippen LogP contribution in [0.1, 0.15) is 78.6 Å². The highest BCUT2D eigenvalue weighted by molar-refractivity contribution is 7.80. The lowest BCUT2D eigenvalue weighted by molar-refractivity contribution is -0.162. The van der Waals surface area contributed by atoms with Crippen molar-refractivity contribution >= 4 is 28.8 Å². The first-order valence-electron chi connectivity index (χ1n) is 12.4. The van der Waals surface area contributed by atoms with Gasteiger partial charge < -0.3 is 14.6 Å². The Bertz CT molecular complexity index is 821. The average Bonchev–Trinajstić information content (AvgIpc) is 3.07. The van der Waals surface area contributed by atoms with Crippen molar-refractivity contribution in [2.45, 2.75) is 84.2 Å². The third-order valence-corrected chi connectivity index (χ3v) is 9.95. The lowest BCUT2D eigenvalue weighted by Crippen LogP contribution is -2.59. The van der Waals surface area contributed by atoms with Gasteiger partial charge in [0.1, 0.15) is 6.61 Å². The molecule has 0 aromatic heterocycles. The van der Waals surface area contributed by atoms with Crippen LogP contribution in [0.4, 0.5) is 0 Å². The van der Waals surface area contributed by atoms with E-state index < -0.39 is 5.60 Å². The van der Waals surface area contributed by atoms with E-state index in [9.17, 15) is 9.59 Å².